The van der Waals surface area contributed by atoms with Gasteiger partial charge in [-0.05, 0) is 25.0 Å². The van der Waals surface area contributed by atoms with Crippen LogP contribution in [0.5, 0.6) is 0 Å². The third-order valence-electron chi connectivity index (χ3n) is 2.96. The molecule has 0 saturated heterocycles. The van der Waals surface area contributed by atoms with E-state index in [1.165, 1.54) is 39.2 Å². The summed E-state index contributed by atoms with van der Waals surface area (Å²) in [5.41, 5.74) is 0.397. The van der Waals surface area contributed by atoms with Crippen LogP contribution in [-0.4, -0.2) is 23.3 Å². The minimum Gasteiger partial charge on any atom is -0.464 e. The van der Waals surface area contributed by atoms with Gasteiger partial charge in [0.05, 0.1) is 12.1 Å². The fourth-order valence-corrected chi connectivity index (χ4v) is 3.27. The third-order valence-corrected chi connectivity index (χ3v) is 4.23. The lowest BCUT2D eigenvalue weighted by Crippen LogP contribution is -2.09. The largest absolute Gasteiger partial charge is 0.464 e. The van der Waals surface area contributed by atoms with Crippen molar-refractivity contribution in [1.29, 1.82) is 0 Å². The molecule has 1 heterocycles. The molecule has 0 aliphatic heterocycles. The van der Waals surface area contributed by atoms with Gasteiger partial charge in [0.15, 0.2) is 0 Å². The topological polar surface area (TPSA) is 39.2 Å². The predicted octanol–water partition coefficient (Wildman–Crippen LogP) is 3.29. The molecule has 2 rings (SSSR count). The van der Waals surface area contributed by atoms with Crippen molar-refractivity contribution < 1.29 is 9.53 Å². The number of carbonyl (C=O) groups is 1. The fourth-order valence-electron chi connectivity index (χ4n) is 2.05. The molecule has 4 heteroatoms. The molecular formula is C13H17NO2S. The van der Waals surface area contributed by atoms with Gasteiger partial charge in [0.2, 0.25) is 0 Å². The van der Waals surface area contributed by atoms with Crippen LogP contribution < -0.4 is 0 Å². The molecular weight excluding hydrogens is 234 g/mol. The van der Waals surface area contributed by atoms with Crippen LogP contribution in [0.3, 0.4) is 0 Å². The van der Waals surface area contributed by atoms with E-state index in [-0.39, 0.29) is 5.97 Å². The fraction of sp³-hybridized carbons (Fsp3) is 0.538. The maximum Gasteiger partial charge on any atom is 0.356 e. The van der Waals surface area contributed by atoms with Crippen LogP contribution in [0.25, 0.3) is 0 Å². The second kappa shape index (κ2) is 6.05. The van der Waals surface area contributed by atoms with E-state index in [4.69, 9.17) is 0 Å². The van der Waals surface area contributed by atoms with Gasteiger partial charge in [-0.1, -0.05) is 25.3 Å². The summed E-state index contributed by atoms with van der Waals surface area (Å²) in [5, 5.41) is 1.59. The molecule has 3 nitrogen and oxygen atoms in total. The summed E-state index contributed by atoms with van der Waals surface area (Å²) >= 11 is 1.79. The van der Waals surface area contributed by atoms with Crippen molar-refractivity contribution in [3.63, 3.8) is 0 Å². The SMILES string of the molecule is COC(=O)c1cccc(SC2CCCCC2)n1. The van der Waals surface area contributed by atoms with Gasteiger partial charge in [-0.15, -0.1) is 11.8 Å². The minimum atomic E-state index is -0.365. The Morgan fingerprint density at radius 3 is 2.82 bits per heavy atom. The lowest BCUT2D eigenvalue weighted by atomic mass is 10.0. The lowest BCUT2D eigenvalue weighted by molar-refractivity contribution is 0.0593. The van der Waals surface area contributed by atoms with Gasteiger partial charge in [-0.2, -0.15) is 0 Å². The molecule has 0 bridgehead atoms. The van der Waals surface area contributed by atoms with Gasteiger partial charge < -0.3 is 4.74 Å². The van der Waals surface area contributed by atoms with Gasteiger partial charge in [0.25, 0.3) is 0 Å². The molecule has 1 aliphatic carbocycles. The van der Waals surface area contributed by atoms with Crippen LogP contribution in [0.4, 0.5) is 0 Å². The second-order valence-electron chi connectivity index (χ2n) is 4.23. The molecule has 0 spiro atoms. The highest BCUT2D eigenvalue weighted by Crippen LogP contribution is 2.32. The third kappa shape index (κ3) is 3.46. The molecule has 0 unspecified atom stereocenters. The number of pyridine rings is 1. The van der Waals surface area contributed by atoms with Crippen molar-refractivity contribution in [2.24, 2.45) is 0 Å². The van der Waals surface area contributed by atoms with Crippen LogP contribution in [0, 0.1) is 0 Å². The first kappa shape index (κ1) is 12.4. The van der Waals surface area contributed by atoms with E-state index in [0.717, 1.165) is 5.03 Å². The van der Waals surface area contributed by atoms with Crippen LogP contribution in [0.2, 0.25) is 0 Å². The first-order valence-corrected chi connectivity index (χ1v) is 6.89. The minimum absolute atomic E-state index is 0.365. The van der Waals surface area contributed by atoms with E-state index in [0.29, 0.717) is 10.9 Å². The monoisotopic (exact) mass is 251 g/mol. The van der Waals surface area contributed by atoms with Crippen LogP contribution >= 0.6 is 11.8 Å². The van der Waals surface area contributed by atoms with Crippen molar-refractivity contribution in [2.75, 3.05) is 7.11 Å². The molecule has 1 aromatic heterocycles. The molecule has 0 aromatic carbocycles. The molecule has 1 saturated carbocycles. The first-order chi connectivity index (χ1) is 8.29. The average molecular weight is 251 g/mol. The van der Waals surface area contributed by atoms with Crippen LogP contribution in [0.1, 0.15) is 42.6 Å². The molecule has 92 valence electrons. The maximum absolute atomic E-state index is 11.4. The number of hydrogen-bond donors (Lipinski definition) is 0. The Bertz CT molecular complexity index is 389. The summed E-state index contributed by atoms with van der Waals surface area (Å²) in [6.07, 6.45) is 6.50. The van der Waals surface area contributed by atoms with Crippen LogP contribution in [-0.2, 0) is 4.74 Å². The summed E-state index contributed by atoms with van der Waals surface area (Å²) in [4.78, 5) is 15.7. The number of rotatable bonds is 3. The zero-order valence-corrected chi connectivity index (χ0v) is 10.8. The standard InChI is InChI=1S/C13H17NO2S/c1-16-13(15)11-8-5-9-12(14-11)17-10-6-3-2-4-7-10/h5,8-10H,2-4,6-7H2,1H3. The van der Waals surface area contributed by atoms with E-state index in [1.807, 2.05) is 12.1 Å². The van der Waals surface area contributed by atoms with E-state index in [2.05, 4.69) is 9.72 Å². The maximum atomic E-state index is 11.4. The summed E-state index contributed by atoms with van der Waals surface area (Å²) in [5.74, 6) is -0.365. The summed E-state index contributed by atoms with van der Waals surface area (Å²) in [6, 6.07) is 5.52. The quantitative estimate of drug-likeness (QED) is 0.773. The van der Waals surface area contributed by atoms with Gasteiger partial charge >= 0.3 is 5.97 Å². The van der Waals surface area contributed by atoms with Crippen molar-refractivity contribution in [3.05, 3.63) is 23.9 Å². The van der Waals surface area contributed by atoms with E-state index >= 15 is 0 Å². The zero-order valence-electron chi connectivity index (χ0n) is 10.0. The Hall–Kier alpha value is -1.03. The molecule has 0 N–H and O–H groups in total. The Kier molecular flexibility index (Phi) is 4.42. The highest BCUT2D eigenvalue weighted by Gasteiger charge is 2.16. The molecule has 1 aromatic rings. The number of aromatic nitrogens is 1. The van der Waals surface area contributed by atoms with E-state index in [9.17, 15) is 4.79 Å². The lowest BCUT2D eigenvalue weighted by Gasteiger charge is -2.20. The highest BCUT2D eigenvalue weighted by atomic mass is 32.2. The Labute approximate surface area is 106 Å². The normalized spacial score (nSPS) is 16.8. The average Bonchev–Trinajstić information content (AvgIpc) is 2.39. The number of thioether (sulfide) groups is 1. The second-order valence-corrected chi connectivity index (χ2v) is 5.55. The smallest absolute Gasteiger partial charge is 0.356 e. The number of nitrogens with zero attached hydrogens (tertiary/aromatic N) is 1. The highest BCUT2D eigenvalue weighted by molar-refractivity contribution is 7.99. The Morgan fingerprint density at radius 1 is 1.35 bits per heavy atom. The number of carbonyl (C=O) groups excluding carboxylic acids is 1. The summed E-state index contributed by atoms with van der Waals surface area (Å²) in [7, 11) is 1.38. The van der Waals surface area contributed by atoms with Crippen molar-refractivity contribution in [1.82, 2.24) is 4.98 Å². The molecule has 1 aliphatic rings. The van der Waals surface area contributed by atoms with Crippen molar-refractivity contribution in [2.45, 2.75) is 42.4 Å². The summed E-state index contributed by atoms with van der Waals surface area (Å²) < 4.78 is 4.67. The van der Waals surface area contributed by atoms with Gasteiger partial charge in [-0.25, -0.2) is 9.78 Å². The van der Waals surface area contributed by atoms with E-state index < -0.39 is 0 Å². The van der Waals surface area contributed by atoms with E-state index in [1.54, 1.807) is 17.8 Å². The van der Waals surface area contributed by atoms with Gasteiger partial charge in [-0.3, -0.25) is 0 Å². The predicted molar refractivity (Wildman–Crippen MR) is 68.3 cm³/mol. The van der Waals surface area contributed by atoms with Crippen LogP contribution in [0.15, 0.2) is 23.2 Å². The molecule has 17 heavy (non-hydrogen) atoms. The first-order valence-electron chi connectivity index (χ1n) is 6.01. The number of methoxy groups -OCH3 is 1. The molecule has 0 amide bonds. The Morgan fingerprint density at radius 2 is 2.12 bits per heavy atom. The van der Waals surface area contributed by atoms with Crippen molar-refractivity contribution >= 4 is 17.7 Å². The summed E-state index contributed by atoms with van der Waals surface area (Å²) in [6.45, 7) is 0. The number of hydrogen-bond acceptors (Lipinski definition) is 4. The molecule has 0 atom stereocenters. The van der Waals surface area contributed by atoms with Gasteiger partial charge in [0.1, 0.15) is 5.69 Å². The molecule has 1 fully saturated rings. The van der Waals surface area contributed by atoms with Gasteiger partial charge in [0, 0.05) is 5.25 Å². The van der Waals surface area contributed by atoms with Crippen molar-refractivity contribution in [3.8, 4) is 0 Å². The molecule has 0 radical (unpaired) electrons. The Balaban J connectivity index is 2.02. The zero-order chi connectivity index (χ0) is 12.1. The number of esters is 1. The number of ether oxygens (including phenoxy) is 1.